The lowest BCUT2D eigenvalue weighted by atomic mass is 9.97. The first-order chi connectivity index (χ1) is 17.1. The lowest BCUT2D eigenvalue weighted by Crippen LogP contribution is -2.55. The molecule has 0 spiro atoms. The number of esters is 1. The van der Waals surface area contributed by atoms with E-state index < -0.39 is 29.8 Å². The summed E-state index contributed by atoms with van der Waals surface area (Å²) in [5.74, 6) is -2.48. The van der Waals surface area contributed by atoms with Gasteiger partial charge in [-0.2, -0.15) is 0 Å². The van der Waals surface area contributed by atoms with E-state index in [2.05, 4.69) is 16.0 Å². The van der Waals surface area contributed by atoms with Crippen molar-refractivity contribution in [1.82, 2.24) is 10.6 Å². The highest BCUT2D eigenvalue weighted by atomic mass is 19.1. The van der Waals surface area contributed by atoms with Crippen molar-refractivity contribution >= 4 is 29.4 Å². The summed E-state index contributed by atoms with van der Waals surface area (Å²) in [7, 11) is 0. The third-order valence-electron chi connectivity index (χ3n) is 6.46. The van der Waals surface area contributed by atoms with Crippen LogP contribution >= 0.6 is 0 Å². The van der Waals surface area contributed by atoms with Crippen molar-refractivity contribution in [2.24, 2.45) is 11.8 Å². The molecule has 1 heterocycles. The minimum atomic E-state index is -0.928. The lowest BCUT2D eigenvalue weighted by molar-refractivity contribution is -0.151. The van der Waals surface area contributed by atoms with Crippen molar-refractivity contribution in [2.45, 2.75) is 97.8 Å². The lowest BCUT2D eigenvalue weighted by Gasteiger charge is -2.27. The number of fused-ring (bicyclic) bond motifs is 2. The SMILES string of the molecule is CC[C@H](C)[C@@H]1NC(=O)[C@H](C(C)C)NC(=O)CCCCCCCC(=O)Nc2cc(F)cc(c2)COC1=O. The van der Waals surface area contributed by atoms with Crippen molar-refractivity contribution in [3.63, 3.8) is 0 Å². The second kappa shape index (κ2) is 14.6. The Morgan fingerprint density at radius 2 is 1.53 bits per heavy atom. The second-order valence-electron chi connectivity index (χ2n) is 9.93. The predicted octanol–water partition coefficient (Wildman–Crippen LogP) is 4.22. The molecule has 9 heteroatoms. The van der Waals surface area contributed by atoms with Crippen LogP contribution in [0, 0.1) is 17.7 Å². The van der Waals surface area contributed by atoms with Crippen LogP contribution in [-0.4, -0.2) is 35.8 Å². The third-order valence-corrected chi connectivity index (χ3v) is 6.46. The summed E-state index contributed by atoms with van der Waals surface area (Å²) >= 11 is 0. The molecule has 36 heavy (non-hydrogen) atoms. The Kier molecular flexibility index (Phi) is 11.8. The summed E-state index contributed by atoms with van der Waals surface area (Å²) in [5, 5.41) is 8.27. The Hall–Kier alpha value is -2.97. The van der Waals surface area contributed by atoms with Crippen molar-refractivity contribution in [3.05, 3.63) is 29.6 Å². The van der Waals surface area contributed by atoms with Gasteiger partial charge in [0.05, 0.1) is 0 Å². The molecule has 3 amide bonds. The number of anilines is 1. The number of amides is 3. The smallest absolute Gasteiger partial charge is 0.329 e. The van der Waals surface area contributed by atoms with Gasteiger partial charge in [0.25, 0.3) is 0 Å². The third kappa shape index (κ3) is 9.59. The van der Waals surface area contributed by atoms with E-state index >= 15 is 0 Å². The first-order valence-electron chi connectivity index (χ1n) is 13.0. The molecular weight excluding hydrogens is 465 g/mol. The largest absolute Gasteiger partial charge is 0.459 e. The molecule has 0 fully saturated rings. The van der Waals surface area contributed by atoms with Crippen LogP contribution in [0.3, 0.4) is 0 Å². The second-order valence-corrected chi connectivity index (χ2v) is 9.93. The molecule has 1 aromatic carbocycles. The van der Waals surface area contributed by atoms with Gasteiger partial charge in [0.15, 0.2) is 0 Å². The number of halogens is 1. The van der Waals surface area contributed by atoms with Crippen molar-refractivity contribution < 1.29 is 28.3 Å². The average Bonchev–Trinajstić information content (AvgIpc) is 2.82. The summed E-state index contributed by atoms with van der Waals surface area (Å²) in [6.45, 7) is 7.17. The molecule has 1 aromatic rings. The standard InChI is InChI=1S/C27H40FN3O5/c1-5-18(4)25-27(35)36-16-19-13-20(28)15-21(14-19)29-22(32)11-9-7-6-8-10-12-23(33)30-24(17(2)3)26(34)31-25/h13-15,17-18,24-25H,5-12,16H2,1-4H3,(H,29,32)(H,30,33)(H,31,34)/t18-,24-,25-/m0/s1. The maximum absolute atomic E-state index is 14.2. The van der Waals surface area contributed by atoms with Gasteiger partial charge < -0.3 is 20.7 Å². The Bertz CT molecular complexity index is 921. The minimum absolute atomic E-state index is 0.181. The molecule has 0 aliphatic carbocycles. The molecular formula is C27H40FN3O5. The normalized spacial score (nSPS) is 22.5. The predicted molar refractivity (Wildman–Crippen MR) is 135 cm³/mol. The van der Waals surface area contributed by atoms with Gasteiger partial charge in [-0.3, -0.25) is 14.4 Å². The van der Waals surface area contributed by atoms with Gasteiger partial charge in [-0.25, -0.2) is 9.18 Å². The quantitative estimate of drug-likeness (QED) is 0.532. The van der Waals surface area contributed by atoms with Gasteiger partial charge in [0, 0.05) is 18.5 Å². The Labute approximate surface area is 213 Å². The molecule has 200 valence electrons. The first-order valence-corrected chi connectivity index (χ1v) is 13.0. The van der Waals surface area contributed by atoms with Gasteiger partial charge in [-0.1, -0.05) is 53.4 Å². The maximum Gasteiger partial charge on any atom is 0.329 e. The number of nitrogens with one attached hydrogen (secondary N) is 3. The van der Waals surface area contributed by atoms with E-state index in [1.54, 1.807) is 6.07 Å². The van der Waals surface area contributed by atoms with E-state index in [1.807, 2.05) is 27.7 Å². The zero-order valence-electron chi connectivity index (χ0n) is 21.8. The van der Waals surface area contributed by atoms with Crippen LogP contribution in [0.15, 0.2) is 18.2 Å². The van der Waals surface area contributed by atoms with Gasteiger partial charge >= 0.3 is 5.97 Å². The van der Waals surface area contributed by atoms with Crippen molar-refractivity contribution in [3.8, 4) is 0 Å². The van der Waals surface area contributed by atoms with Gasteiger partial charge in [-0.05, 0) is 48.4 Å². The molecule has 0 saturated heterocycles. The van der Waals surface area contributed by atoms with E-state index in [1.165, 1.54) is 12.1 Å². The fourth-order valence-corrected chi connectivity index (χ4v) is 4.07. The molecule has 3 N–H and O–H groups in total. The van der Waals surface area contributed by atoms with Crippen LogP contribution in [0.2, 0.25) is 0 Å². The molecule has 1 aliphatic heterocycles. The zero-order chi connectivity index (χ0) is 26.7. The summed E-state index contributed by atoms with van der Waals surface area (Å²) in [5.41, 5.74) is 0.680. The number of hydrogen-bond acceptors (Lipinski definition) is 5. The number of carbonyl (C=O) groups excluding carboxylic acids is 4. The number of carbonyl (C=O) groups is 4. The van der Waals surface area contributed by atoms with E-state index in [0.29, 0.717) is 43.4 Å². The molecule has 2 rings (SSSR count). The van der Waals surface area contributed by atoms with Crippen LogP contribution in [0.4, 0.5) is 10.1 Å². The van der Waals surface area contributed by atoms with Crippen LogP contribution in [-0.2, 0) is 30.5 Å². The van der Waals surface area contributed by atoms with Crippen LogP contribution in [0.25, 0.3) is 0 Å². The van der Waals surface area contributed by atoms with Gasteiger partial charge in [0.2, 0.25) is 17.7 Å². The average molecular weight is 506 g/mol. The van der Waals surface area contributed by atoms with Crippen LogP contribution in [0.1, 0.15) is 84.6 Å². The monoisotopic (exact) mass is 505 g/mol. The van der Waals surface area contributed by atoms with Gasteiger partial charge in [0.1, 0.15) is 24.5 Å². The van der Waals surface area contributed by atoms with E-state index in [4.69, 9.17) is 4.74 Å². The summed E-state index contributed by atoms with van der Waals surface area (Å²) < 4.78 is 19.6. The van der Waals surface area contributed by atoms with Crippen molar-refractivity contribution in [1.29, 1.82) is 0 Å². The van der Waals surface area contributed by atoms with Crippen molar-refractivity contribution in [2.75, 3.05) is 5.32 Å². The summed E-state index contributed by atoms with van der Waals surface area (Å²) in [4.78, 5) is 50.8. The maximum atomic E-state index is 14.2. The Balaban J connectivity index is 2.25. The highest BCUT2D eigenvalue weighted by Crippen LogP contribution is 2.18. The number of benzene rings is 1. The number of cyclic esters (lactones) is 1. The number of rotatable bonds is 3. The fraction of sp³-hybridized carbons (Fsp3) is 0.630. The molecule has 0 aromatic heterocycles. The Morgan fingerprint density at radius 1 is 0.889 bits per heavy atom. The molecule has 3 atom stereocenters. The van der Waals surface area contributed by atoms with E-state index in [-0.39, 0.29) is 30.3 Å². The van der Waals surface area contributed by atoms with Crippen LogP contribution in [0.5, 0.6) is 0 Å². The Morgan fingerprint density at radius 3 is 2.17 bits per heavy atom. The highest BCUT2D eigenvalue weighted by molar-refractivity contribution is 5.91. The molecule has 2 bridgehead atoms. The molecule has 1 aliphatic rings. The summed E-state index contributed by atoms with van der Waals surface area (Å²) in [6.07, 6.45) is 5.14. The minimum Gasteiger partial charge on any atom is -0.459 e. The topological polar surface area (TPSA) is 114 Å². The number of hydrogen-bond donors (Lipinski definition) is 3. The molecule has 0 unspecified atom stereocenters. The highest BCUT2D eigenvalue weighted by Gasteiger charge is 2.32. The molecule has 8 nitrogen and oxygen atoms in total. The zero-order valence-corrected chi connectivity index (χ0v) is 21.8. The number of ether oxygens (including phenoxy) is 1. The van der Waals surface area contributed by atoms with Gasteiger partial charge in [-0.15, -0.1) is 0 Å². The summed E-state index contributed by atoms with van der Waals surface area (Å²) in [6, 6.07) is 2.31. The van der Waals surface area contributed by atoms with E-state index in [0.717, 1.165) is 19.3 Å². The fourth-order valence-electron chi connectivity index (χ4n) is 4.07. The van der Waals surface area contributed by atoms with E-state index in [9.17, 15) is 23.6 Å². The molecule has 0 saturated carbocycles. The first kappa shape index (κ1) is 29.3. The van der Waals surface area contributed by atoms with Crippen LogP contribution < -0.4 is 16.0 Å². The molecule has 0 radical (unpaired) electrons.